The second-order valence-corrected chi connectivity index (χ2v) is 5.98. The second-order valence-electron chi connectivity index (χ2n) is 5.13. The highest BCUT2D eigenvalue weighted by molar-refractivity contribution is 9.10. The number of benzene rings is 2. The summed E-state index contributed by atoms with van der Waals surface area (Å²) < 4.78 is 0.831. The third kappa shape index (κ3) is 6.76. The van der Waals surface area contributed by atoms with Gasteiger partial charge in [-0.2, -0.15) is 0 Å². The molecule has 2 aromatic carbocycles. The van der Waals surface area contributed by atoms with E-state index in [0.717, 1.165) is 10.0 Å². The minimum Gasteiger partial charge on any atom is -0.481 e. The average molecular weight is 409 g/mol. The smallest absolute Gasteiger partial charge is 0.335 e. The lowest BCUT2D eigenvalue weighted by Gasteiger charge is -2.02. The summed E-state index contributed by atoms with van der Waals surface area (Å²) in [5, 5.41) is 25.8. The number of aryl methyl sites for hydroxylation is 2. The third-order valence-corrected chi connectivity index (χ3v) is 4.13. The first kappa shape index (κ1) is 20.4. The van der Waals surface area contributed by atoms with Crippen LogP contribution >= 0.6 is 15.9 Å². The van der Waals surface area contributed by atoms with Crippen LogP contribution < -0.4 is 0 Å². The van der Waals surface area contributed by atoms with Crippen LogP contribution in [0.5, 0.6) is 0 Å². The summed E-state index contributed by atoms with van der Waals surface area (Å²) in [4.78, 5) is 31.5. The molecule has 0 aromatic heterocycles. The summed E-state index contributed by atoms with van der Waals surface area (Å²) in [6.07, 6.45) is 0.197. The Morgan fingerprint density at radius 2 is 1.60 bits per heavy atom. The fraction of sp³-hybridized carbons (Fsp3) is 0.167. The van der Waals surface area contributed by atoms with E-state index < -0.39 is 17.9 Å². The van der Waals surface area contributed by atoms with Crippen molar-refractivity contribution in [2.45, 2.75) is 19.8 Å². The van der Waals surface area contributed by atoms with Crippen molar-refractivity contribution in [2.24, 2.45) is 0 Å². The molecule has 3 N–H and O–H groups in total. The van der Waals surface area contributed by atoms with Crippen LogP contribution in [0.3, 0.4) is 0 Å². The van der Waals surface area contributed by atoms with E-state index in [4.69, 9.17) is 15.3 Å². The van der Waals surface area contributed by atoms with Gasteiger partial charge in [-0.15, -0.1) is 0 Å². The predicted octanol–water partition coefficient (Wildman–Crippen LogP) is 3.86. The highest BCUT2D eigenvalue weighted by Gasteiger charge is 2.09. The molecule has 0 aliphatic carbocycles. The summed E-state index contributed by atoms with van der Waals surface area (Å²) in [7, 11) is 0. The minimum absolute atomic E-state index is 0.0513. The monoisotopic (exact) mass is 408 g/mol. The van der Waals surface area contributed by atoms with Crippen molar-refractivity contribution in [2.75, 3.05) is 0 Å². The van der Waals surface area contributed by atoms with Crippen LogP contribution in [0.4, 0.5) is 0 Å². The maximum absolute atomic E-state index is 10.7. The Kier molecular flexibility index (Phi) is 7.81. The quantitative estimate of drug-likeness (QED) is 0.692. The van der Waals surface area contributed by atoms with E-state index in [1.807, 2.05) is 6.92 Å². The Bertz CT molecular complexity index is 785. The van der Waals surface area contributed by atoms with Crippen molar-refractivity contribution in [3.05, 3.63) is 69.2 Å². The standard InChI is InChI=1S/C10H10O4.C8H7BrO2/c11-9(12)6-5-7-3-1-2-4-8(7)10(13)14;1-5-2-3-6(8(10)11)4-7(5)9/h1-4H,5-6H2,(H,11,12)(H,13,14);2-4H,1H3,(H,10,11). The first-order valence-electron chi connectivity index (χ1n) is 7.24. The van der Waals surface area contributed by atoms with Crippen molar-refractivity contribution >= 4 is 33.8 Å². The molecule has 0 saturated carbocycles. The Hall–Kier alpha value is -2.67. The lowest BCUT2D eigenvalue weighted by Crippen LogP contribution is -2.04. The summed E-state index contributed by atoms with van der Waals surface area (Å²) in [5.74, 6) is -2.85. The van der Waals surface area contributed by atoms with Crippen LogP contribution in [0.1, 0.15) is 38.3 Å². The van der Waals surface area contributed by atoms with Crippen LogP contribution in [-0.2, 0) is 11.2 Å². The molecule has 0 unspecified atom stereocenters. The van der Waals surface area contributed by atoms with E-state index >= 15 is 0 Å². The number of aromatic carboxylic acids is 2. The zero-order chi connectivity index (χ0) is 19.0. The number of hydrogen-bond acceptors (Lipinski definition) is 3. The first-order valence-corrected chi connectivity index (χ1v) is 8.04. The molecule has 6 nitrogen and oxygen atoms in total. The van der Waals surface area contributed by atoms with E-state index in [1.165, 1.54) is 6.07 Å². The van der Waals surface area contributed by atoms with Gasteiger partial charge in [0, 0.05) is 10.9 Å². The maximum atomic E-state index is 10.7. The van der Waals surface area contributed by atoms with Gasteiger partial charge in [0.25, 0.3) is 0 Å². The van der Waals surface area contributed by atoms with Gasteiger partial charge in [-0.3, -0.25) is 4.79 Å². The number of carboxylic acids is 3. The third-order valence-electron chi connectivity index (χ3n) is 3.27. The van der Waals surface area contributed by atoms with Gasteiger partial charge in [0.15, 0.2) is 0 Å². The van der Waals surface area contributed by atoms with Gasteiger partial charge < -0.3 is 15.3 Å². The fourth-order valence-electron chi connectivity index (χ4n) is 1.91. The SMILES string of the molecule is Cc1ccc(C(=O)O)cc1Br.O=C(O)CCc1ccccc1C(=O)O. The number of halogens is 1. The van der Waals surface area contributed by atoms with Crippen LogP contribution in [0, 0.1) is 6.92 Å². The molecule has 0 amide bonds. The summed E-state index contributed by atoms with van der Waals surface area (Å²) >= 11 is 3.25. The minimum atomic E-state index is -1.02. The van der Waals surface area contributed by atoms with Gasteiger partial charge in [0.2, 0.25) is 0 Å². The van der Waals surface area contributed by atoms with Gasteiger partial charge in [-0.05, 0) is 42.7 Å². The topological polar surface area (TPSA) is 112 Å². The molecule has 2 rings (SSSR count). The lowest BCUT2D eigenvalue weighted by atomic mass is 10.0. The molecule has 0 aliphatic heterocycles. The Morgan fingerprint density at radius 3 is 2.12 bits per heavy atom. The van der Waals surface area contributed by atoms with E-state index in [-0.39, 0.29) is 18.4 Å². The maximum Gasteiger partial charge on any atom is 0.335 e. The van der Waals surface area contributed by atoms with Gasteiger partial charge in [0.05, 0.1) is 11.1 Å². The molecule has 0 aliphatic rings. The predicted molar refractivity (Wildman–Crippen MR) is 95.2 cm³/mol. The normalized spacial score (nSPS) is 9.68. The second kappa shape index (κ2) is 9.58. The van der Waals surface area contributed by atoms with Gasteiger partial charge in [-0.1, -0.05) is 40.2 Å². The van der Waals surface area contributed by atoms with Gasteiger partial charge in [0.1, 0.15) is 0 Å². The van der Waals surface area contributed by atoms with Crippen molar-refractivity contribution < 1.29 is 29.7 Å². The highest BCUT2D eigenvalue weighted by atomic mass is 79.9. The van der Waals surface area contributed by atoms with Crippen LogP contribution in [0.15, 0.2) is 46.9 Å². The van der Waals surface area contributed by atoms with Gasteiger partial charge >= 0.3 is 17.9 Å². The van der Waals surface area contributed by atoms with E-state index in [2.05, 4.69) is 15.9 Å². The molecule has 0 atom stereocenters. The number of rotatable bonds is 5. The van der Waals surface area contributed by atoms with E-state index in [9.17, 15) is 14.4 Å². The molecule has 0 spiro atoms. The zero-order valence-electron chi connectivity index (χ0n) is 13.4. The highest BCUT2D eigenvalue weighted by Crippen LogP contribution is 2.17. The molecule has 0 fully saturated rings. The van der Waals surface area contributed by atoms with E-state index in [1.54, 1.807) is 36.4 Å². The van der Waals surface area contributed by atoms with Crippen molar-refractivity contribution in [3.63, 3.8) is 0 Å². The lowest BCUT2D eigenvalue weighted by molar-refractivity contribution is -0.136. The number of aliphatic carboxylic acids is 1. The molecule has 7 heteroatoms. The summed E-state index contributed by atoms with van der Waals surface area (Å²) in [6.45, 7) is 1.91. The Balaban J connectivity index is 0.000000257. The summed E-state index contributed by atoms with van der Waals surface area (Å²) in [5.41, 5.74) is 2.08. The van der Waals surface area contributed by atoms with Crippen LogP contribution in [0.2, 0.25) is 0 Å². The molecule has 0 radical (unpaired) electrons. The molecule has 132 valence electrons. The van der Waals surface area contributed by atoms with Crippen LogP contribution in [-0.4, -0.2) is 33.2 Å². The van der Waals surface area contributed by atoms with Crippen molar-refractivity contribution in [3.8, 4) is 0 Å². The molecule has 0 saturated heterocycles. The largest absolute Gasteiger partial charge is 0.481 e. The first-order chi connectivity index (χ1) is 11.7. The van der Waals surface area contributed by atoms with Crippen molar-refractivity contribution in [1.82, 2.24) is 0 Å². The molecular formula is C18H17BrO6. The Labute approximate surface area is 152 Å². The number of carboxylic acid groups (broad SMARTS) is 3. The average Bonchev–Trinajstić information content (AvgIpc) is 2.56. The Morgan fingerprint density at radius 1 is 0.960 bits per heavy atom. The number of hydrogen-bond donors (Lipinski definition) is 3. The molecule has 25 heavy (non-hydrogen) atoms. The molecular weight excluding hydrogens is 392 g/mol. The summed E-state index contributed by atoms with van der Waals surface area (Å²) in [6, 6.07) is 11.4. The number of carbonyl (C=O) groups is 3. The van der Waals surface area contributed by atoms with E-state index in [0.29, 0.717) is 11.1 Å². The molecule has 2 aromatic rings. The fourth-order valence-corrected chi connectivity index (χ4v) is 2.29. The molecule has 0 bridgehead atoms. The molecule has 0 heterocycles. The van der Waals surface area contributed by atoms with Crippen molar-refractivity contribution in [1.29, 1.82) is 0 Å². The zero-order valence-corrected chi connectivity index (χ0v) is 15.0. The van der Waals surface area contributed by atoms with Gasteiger partial charge in [-0.25, -0.2) is 9.59 Å². The van der Waals surface area contributed by atoms with Crippen LogP contribution in [0.25, 0.3) is 0 Å².